The molecule has 1 rings (SSSR count). The van der Waals surface area contributed by atoms with Crippen molar-refractivity contribution in [2.75, 3.05) is 6.61 Å². The lowest BCUT2D eigenvalue weighted by atomic mass is 9.89. The third kappa shape index (κ3) is 3.36. The van der Waals surface area contributed by atoms with Gasteiger partial charge in [0, 0.05) is 11.5 Å². The van der Waals surface area contributed by atoms with Crippen LogP contribution in [0.2, 0.25) is 0 Å². The van der Waals surface area contributed by atoms with Crippen LogP contribution < -0.4 is 0 Å². The molecule has 0 heterocycles. The number of ketones is 1. The molecule has 5 heteroatoms. The van der Waals surface area contributed by atoms with Gasteiger partial charge >= 0.3 is 5.97 Å². The molecule has 0 saturated carbocycles. The lowest BCUT2D eigenvalue weighted by molar-refractivity contribution is -0.151. The predicted molar refractivity (Wildman–Crippen MR) is 65.6 cm³/mol. The van der Waals surface area contributed by atoms with Crippen molar-refractivity contribution in [3.05, 3.63) is 35.4 Å². The van der Waals surface area contributed by atoms with E-state index in [1.54, 1.807) is 6.92 Å². The summed E-state index contributed by atoms with van der Waals surface area (Å²) in [6, 6.07) is 3.38. The Labute approximate surface area is 110 Å². The van der Waals surface area contributed by atoms with Crippen LogP contribution in [0, 0.1) is 17.6 Å². The SMILES string of the molecule is CCOC(=O)[C@H](C)C(=O)[C@H](C)c1c(F)cccc1F. The summed E-state index contributed by atoms with van der Waals surface area (Å²) >= 11 is 0. The smallest absolute Gasteiger partial charge is 0.316 e. The highest BCUT2D eigenvalue weighted by atomic mass is 19.1. The number of rotatable bonds is 5. The fourth-order valence-corrected chi connectivity index (χ4v) is 1.83. The van der Waals surface area contributed by atoms with Crippen molar-refractivity contribution < 1.29 is 23.1 Å². The number of halogens is 2. The molecule has 0 aliphatic rings. The maximum absolute atomic E-state index is 13.6. The number of benzene rings is 1. The van der Waals surface area contributed by atoms with Crippen molar-refractivity contribution in [3.63, 3.8) is 0 Å². The van der Waals surface area contributed by atoms with Crippen molar-refractivity contribution in [1.82, 2.24) is 0 Å². The Hall–Kier alpha value is -1.78. The first kappa shape index (κ1) is 15.3. The fourth-order valence-electron chi connectivity index (χ4n) is 1.83. The summed E-state index contributed by atoms with van der Waals surface area (Å²) in [4.78, 5) is 23.5. The van der Waals surface area contributed by atoms with E-state index in [1.807, 2.05) is 0 Å². The maximum atomic E-state index is 13.6. The Morgan fingerprint density at radius 2 is 1.74 bits per heavy atom. The van der Waals surface area contributed by atoms with E-state index in [2.05, 4.69) is 0 Å². The third-order valence-corrected chi connectivity index (χ3v) is 2.93. The Balaban J connectivity index is 2.97. The first-order chi connectivity index (χ1) is 8.90. The minimum atomic E-state index is -1.05. The molecule has 0 fully saturated rings. The number of Topliss-reactive ketones (excluding diaryl/α,β-unsaturated/α-hetero) is 1. The number of hydrogen-bond acceptors (Lipinski definition) is 3. The van der Waals surface area contributed by atoms with Crippen molar-refractivity contribution in [1.29, 1.82) is 0 Å². The van der Waals surface area contributed by atoms with Crippen molar-refractivity contribution in [2.24, 2.45) is 5.92 Å². The summed E-state index contributed by atoms with van der Waals surface area (Å²) in [7, 11) is 0. The highest BCUT2D eigenvalue weighted by molar-refractivity contribution is 6.01. The molecular weight excluding hydrogens is 254 g/mol. The number of carbonyl (C=O) groups is 2. The molecule has 19 heavy (non-hydrogen) atoms. The summed E-state index contributed by atoms with van der Waals surface area (Å²) in [5, 5.41) is 0. The van der Waals surface area contributed by atoms with Crippen LogP contribution in [0.4, 0.5) is 8.78 Å². The van der Waals surface area contributed by atoms with Gasteiger partial charge in [0.25, 0.3) is 0 Å². The molecule has 0 aliphatic heterocycles. The highest BCUT2D eigenvalue weighted by Gasteiger charge is 2.30. The minimum Gasteiger partial charge on any atom is -0.465 e. The van der Waals surface area contributed by atoms with Crippen LogP contribution in [-0.2, 0) is 14.3 Å². The molecule has 0 unspecified atom stereocenters. The van der Waals surface area contributed by atoms with Crippen molar-refractivity contribution in [3.8, 4) is 0 Å². The van der Waals surface area contributed by atoms with Crippen molar-refractivity contribution in [2.45, 2.75) is 26.7 Å². The fraction of sp³-hybridized carbons (Fsp3) is 0.429. The Morgan fingerprint density at radius 3 is 2.21 bits per heavy atom. The second-order valence-electron chi connectivity index (χ2n) is 4.23. The average molecular weight is 270 g/mol. The maximum Gasteiger partial charge on any atom is 0.316 e. The molecule has 0 bridgehead atoms. The Morgan fingerprint density at radius 1 is 1.21 bits per heavy atom. The van der Waals surface area contributed by atoms with Crippen LogP contribution in [0.5, 0.6) is 0 Å². The molecule has 0 amide bonds. The van der Waals surface area contributed by atoms with Crippen LogP contribution >= 0.6 is 0 Å². The molecule has 0 N–H and O–H groups in total. The van der Waals surface area contributed by atoms with Gasteiger partial charge in [0.1, 0.15) is 17.6 Å². The van der Waals surface area contributed by atoms with Crippen LogP contribution in [0.1, 0.15) is 32.3 Å². The first-order valence-corrected chi connectivity index (χ1v) is 6.04. The van der Waals surface area contributed by atoms with E-state index >= 15 is 0 Å². The molecule has 0 aromatic heterocycles. The van der Waals surface area contributed by atoms with Gasteiger partial charge in [-0.15, -0.1) is 0 Å². The lowest BCUT2D eigenvalue weighted by Crippen LogP contribution is -2.27. The zero-order chi connectivity index (χ0) is 14.6. The monoisotopic (exact) mass is 270 g/mol. The van der Waals surface area contributed by atoms with Gasteiger partial charge in [0.15, 0.2) is 5.78 Å². The van der Waals surface area contributed by atoms with Gasteiger partial charge in [-0.3, -0.25) is 9.59 Å². The standard InChI is InChI=1S/C14H16F2O3/c1-4-19-14(18)9(3)13(17)8(2)12-10(15)6-5-7-11(12)16/h5-9H,4H2,1-3H3/t8-,9-/m1/s1. The highest BCUT2D eigenvalue weighted by Crippen LogP contribution is 2.25. The topological polar surface area (TPSA) is 43.4 Å². The van der Waals surface area contributed by atoms with Gasteiger partial charge in [-0.05, 0) is 26.0 Å². The molecule has 0 radical (unpaired) electrons. The molecule has 0 spiro atoms. The van der Waals surface area contributed by atoms with E-state index in [1.165, 1.54) is 19.9 Å². The summed E-state index contributed by atoms with van der Waals surface area (Å²) < 4.78 is 31.9. The molecule has 104 valence electrons. The van der Waals surface area contributed by atoms with E-state index in [9.17, 15) is 18.4 Å². The Bertz CT molecular complexity index is 465. The van der Waals surface area contributed by atoms with E-state index in [0.717, 1.165) is 12.1 Å². The summed E-state index contributed by atoms with van der Waals surface area (Å²) in [5.74, 6) is -4.93. The summed E-state index contributed by atoms with van der Waals surface area (Å²) in [5.41, 5.74) is -0.316. The van der Waals surface area contributed by atoms with E-state index in [4.69, 9.17) is 4.74 Å². The zero-order valence-corrected chi connectivity index (χ0v) is 11.1. The van der Waals surface area contributed by atoms with Gasteiger partial charge in [-0.1, -0.05) is 13.0 Å². The normalized spacial score (nSPS) is 13.7. The zero-order valence-electron chi connectivity index (χ0n) is 11.1. The average Bonchev–Trinajstić information content (AvgIpc) is 2.36. The first-order valence-electron chi connectivity index (χ1n) is 6.04. The molecule has 1 aromatic carbocycles. The van der Waals surface area contributed by atoms with Crippen molar-refractivity contribution >= 4 is 11.8 Å². The van der Waals surface area contributed by atoms with Gasteiger partial charge in [-0.2, -0.15) is 0 Å². The molecule has 0 aliphatic carbocycles. The number of esters is 1. The van der Waals surface area contributed by atoms with E-state index < -0.39 is 35.2 Å². The summed E-state index contributed by atoms with van der Waals surface area (Å²) in [6.45, 7) is 4.52. The van der Waals surface area contributed by atoms with Gasteiger partial charge in [-0.25, -0.2) is 8.78 Å². The van der Waals surface area contributed by atoms with E-state index in [0.29, 0.717) is 0 Å². The van der Waals surface area contributed by atoms with E-state index in [-0.39, 0.29) is 12.2 Å². The van der Waals surface area contributed by atoms with Crippen LogP contribution in [0.15, 0.2) is 18.2 Å². The number of hydrogen-bond donors (Lipinski definition) is 0. The quantitative estimate of drug-likeness (QED) is 0.610. The van der Waals surface area contributed by atoms with Crippen LogP contribution in [0.3, 0.4) is 0 Å². The van der Waals surface area contributed by atoms with Gasteiger partial charge < -0.3 is 4.74 Å². The molecule has 1 aromatic rings. The minimum absolute atomic E-state index is 0.152. The van der Waals surface area contributed by atoms with Gasteiger partial charge in [0.05, 0.1) is 6.61 Å². The third-order valence-electron chi connectivity index (χ3n) is 2.93. The predicted octanol–water partition coefficient (Wildman–Crippen LogP) is 2.84. The number of ether oxygens (including phenoxy) is 1. The lowest BCUT2D eigenvalue weighted by Gasteiger charge is -2.16. The molecule has 2 atom stereocenters. The second-order valence-corrected chi connectivity index (χ2v) is 4.23. The largest absolute Gasteiger partial charge is 0.465 e. The molecule has 3 nitrogen and oxygen atoms in total. The number of carbonyl (C=O) groups excluding carboxylic acids is 2. The van der Waals surface area contributed by atoms with Crippen LogP contribution in [-0.4, -0.2) is 18.4 Å². The van der Waals surface area contributed by atoms with Crippen LogP contribution in [0.25, 0.3) is 0 Å². The summed E-state index contributed by atoms with van der Waals surface area (Å²) in [6.07, 6.45) is 0. The Kier molecular flexibility index (Phi) is 5.15. The second kappa shape index (κ2) is 6.41. The molecular formula is C14H16F2O3. The van der Waals surface area contributed by atoms with Gasteiger partial charge in [0.2, 0.25) is 0 Å². The molecule has 0 saturated heterocycles.